The molecule has 3 N–H and O–H groups in total. The van der Waals surface area contributed by atoms with Crippen LogP contribution in [0.2, 0.25) is 0 Å². The average Bonchev–Trinajstić information content (AvgIpc) is 3.69. The molecule has 9 rings (SSSR count). The van der Waals surface area contributed by atoms with Crippen molar-refractivity contribution < 1.29 is 24.2 Å². The Kier molecular flexibility index (Phi) is 7.33. The Labute approximate surface area is 231 Å². The molecule has 1 saturated carbocycles. The lowest BCUT2D eigenvalue weighted by Gasteiger charge is -2.24. The van der Waals surface area contributed by atoms with E-state index in [1.807, 2.05) is 42.5 Å². The number of hydrogen-bond donors (Lipinski definition) is 3. The van der Waals surface area contributed by atoms with E-state index in [1.165, 1.54) is 0 Å². The minimum atomic E-state index is -1.44. The van der Waals surface area contributed by atoms with Gasteiger partial charge in [0.25, 0.3) is 11.8 Å². The molecule has 0 saturated heterocycles. The fraction of sp³-hybridized carbons (Fsp3) is 0.333. The minimum Gasteiger partial charge on any atom is -0.494 e. The van der Waals surface area contributed by atoms with Gasteiger partial charge in [0, 0.05) is 17.6 Å². The zero-order valence-corrected chi connectivity index (χ0v) is 22.0. The number of rotatable bonds is 3. The number of nitrogens with zero attached hydrogens (tertiary/aromatic N) is 3. The predicted molar refractivity (Wildman–Crippen MR) is 148 cm³/mol. The predicted octanol–water partition coefficient (Wildman–Crippen LogP) is 2.95. The Hall–Kier alpha value is -4.44. The highest BCUT2D eigenvalue weighted by atomic mass is 16.5. The van der Waals surface area contributed by atoms with Gasteiger partial charge in [-0.3, -0.25) is 9.59 Å². The Bertz CT molecular complexity index is 1510. The summed E-state index contributed by atoms with van der Waals surface area (Å²) >= 11 is 0. The molecule has 0 radical (unpaired) electrons. The van der Waals surface area contributed by atoms with Crippen molar-refractivity contribution in [3.63, 3.8) is 0 Å². The van der Waals surface area contributed by atoms with Gasteiger partial charge in [0.2, 0.25) is 0 Å². The van der Waals surface area contributed by atoms with Crippen LogP contribution in [0.15, 0.2) is 67.0 Å². The van der Waals surface area contributed by atoms with E-state index in [0.717, 1.165) is 53.6 Å². The summed E-state index contributed by atoms with van der Waals surface area (Å²) in [5.74, 6) is 0.827. The van der Waals surface area contributed by atoms with Crippen LogP contribution in [-0.4, -0.2) is 63.1 Å². The first-order chi connectivity index (χ1) is 19.5. The van der Waals surface area contributed by atoms with E-state index in [0.29, 0.717) is 19.0 Å². The lowest BCUT2D eigenvalue weighted by molar-refractivity contribution is -0.130. The monoisotopic (exact) mass is 541 g/mol. The van der Waals surface area contributed by atoms with Crippen LogP contribution < -0.4 is 20.1 Å². The van der Waals surface area contributed by atoms with Gasteiger partial charge in [-0.25, -0.2) is 9.67 Å². The van der Waals surface area contributed by atoms with E-state index in [-0.39, 0.29) is 18.0 Å². The molecule has 10 heteroatoms. The average molecular weight is 542 g/mol. The van der Waals surface area contributed by atoms with Gasteiger partial charge in [0.1, 0.15) is 11.5 Å². The fourth-order valence-electron chi connectivity index (χ4n) is 4.76. The molecule has 0 spiro atoms. The smallest absolute Gasteiger partial charge is 0.255 e. The van der Waals surface area contributed by atoms with Crippen molar-refractivity contribution in [3.8, 4) is 17.3 Å². The summed E-state index contributed by atoms with van der Waals surface area (Å²) in [5, 5.41) is 22.1. The Morgan fingerprint density at radius 3 is 2.58 bits per heavy atom. The molecule has 206 valence electrons. The molecule has 6 heterocycles. The molecule has 1 unspecified atom stereocenters. The molecule has 2 aromatic heterocycles. The number of aliphatic hydroxyl groups is 1. The summed E-state index contributed by atoms with van der Waals surface area (Å²) in [6.45, 7) is 1.11. The SMILES string of the molecule is O=C1N[C@H](C(O)C(=O)NC2CC2)Cc2ccc(cc2)OCCCCOc2ccc3c(cnn3-c3ncccc31)c2. The lowest BCUT2D eigenvalue weighted by Crippen LogP contribution is -2.52. The minimum absolute atomic E-state index is 0.0786. The zero-order valence-electron chi connectivity index (χ0n) is 22.0. The van der Waals surface area contributed by atoms with Crippen LogP contribution >= 0.6 is 0 Å². The second kappa shape index (κ2) is 11.4. The first-order valence-corrected chi connectivity index (χ1v) is 13.6. The number of benzene rings is 2. The van der Waals surface area contributed by atoms with Crippen molar-refractivity contribution in [1.29, 1.82) is 0 Å². The lowest BCUT2D eigenvalue weighted by atomic mass is 9.99. The number of pyridine rings is 1. The number of amides is 2. The Morgan fingerprint density at radius 2 is 1.80 bits per heavy atom. The van der Waals surface area contributed by atoms with Gasteiger partial charge in [-0.1, -0.05) is 12.1 Å². The third kappa shape index (κ3) is 5.76. The van der Waals surface area contributed by atoms with E-state index >= 15 is 0 Å². The normalized spacial score (nSPS) is 18.7. The van der Waals surface area contributed by atoms with E-state index < -0.39 is 24.0 Å². The third-order valence-corrected chi connectivity index (χ3v) is 7.12. The quantitative estimate of drug-likeness (QED) is 0.364. The van der Waals surface area contributed by atoms with E-state index in [2.05, 4.69) is 20.7 Å². The third-order valence-electron chi connectivity index (χ3n) is 7.12. The van der Waals surface area contributed by atoms with E-state index in [1.54, 1.807) is 29.2 Å². The summed E-state index contributed by atoms with van der Waals surface area (Å²) in [5.41, 5.74) is 1.87. The number of hydrogen-bond acceptors (Lipinski definition) is 7. The number of aliphatic hydroxyl groups excluding tert-OH is 1. The summed E-state index contributed by atoms with van der Waals surface area (Å²) in [4.78, 5) is 30.9. The Balaban J connectivity index is 1.35. The maximum Gasteiger partial charge on any atom is 0.255 e. The molecule has 1 aliphatic carbocycles. The van der Waals surface area contributed by atoms with Gasteiger partial charge < -0.3 is 25.2 Å². The standard InChI is InChI=1S/C30H31N5O5/c36-27(30(38)33-21-7-8-21)25-16-19-5-9-22(10-6-19)39-14-1-2-15-40-23-11-12-26-20(17-23)18-32-35(26)28-24(29(37)34-25)4-3-13-31-28/h3-6,9-13,17-18,21,25,27,36H,1-2,7-8,14-16H2,(H,33,38)(H,34,37)/t25-,27?/m0/s1. The van der Waals surface area contributed by atoms with Crippen molar-refractivity contribution in [1.82, 2.24) is 25.4 Å². The fourth-order valence-corrected chi connectivity index (χ4v) is 4.76. The molecule has 4 aromatic rings. The van der Waals surface area contributed by atoms with E-state index in [9.17, 15) is 14.7 Å². The number of aromatic nitrogens is 3. The van der Waals surface area contributed by atoms with Crippen LogP contribution in [0.25, 0.3) is 16.7 Å². The maximum absolute atomic E-state index is 13.7. The van der Waals surface area contributed by atoms with Gasteiger partial charge in [-0.05, 0) is 80.1 Å². The van der Waals surface area contributed by atoms with E-state index in [4.69, 9.17) is 9.47 Å². The van der Waals surface area contributed by atoms with Crippen molar-refractivity contribution >= 4 is 22.7 Å². The summed E-state index contributed by atoms with van der Waals surface area (Å²) in [6, 6.07) is 15.6. The largest absolute Gasteiger partial charge is 0.494 e. The molecular weight excluding hydrogens is 510 g/mol. The molecule has 2 amide bonds. The number of ether oxygens (including phenoxy) is 2. The molecule has 6 bridgehead atoms. The molecule has 5 aliphatic rings. The van der Waals surface area contributed by atoms with Gasteiger partial charge >= 0.3 is 0 Å². The molecular formula is C30H31N5O5. The molecule has 10 nitrogen and oxygen atoms in total. The van der Waals surface area contributed by atoms with Crippen LogP contribution in [0, 0.1) is 0 Å². The second-order valence-electron chi connectivity index (χ2n) is 10.2. The molecule has 2 aromatic carbocycles. The summed E-state index contributed by atoms with van der Waals surface area (Å²) < 4.78 is 13.4. The van der Waals surface area contributed by atoms with Crippen LogP contribution in [0.5, 0.6) is 11.5 Å². The van der Waals surface area contributed by atoms with Crippen LogP contribution in [0.4, 0.5) is 0 Å². The second-order valence-corrected chi connectivity index (χ2v) is 10.2. The summed E-state index contributed by atoms with van der Waals surface area (Å²) in [7, 11) is 0. The number of nitrogens with one attached hydrogen (secondary N) is 2. The first kappa shape index (κ1) is 25.8. The van der Waals surface area contributed by atoms with Gasteiger partial charge in [0.05, 0.1) is 36.5 Å². The van der Waals surface area contributed by atoms with Crippen molar-refractivity contribution in [2.45, 2.75) is 50.3 Å². The van der Waals surface area contributed by atoms with Crippen molar-refractivity contribution in [3.05, 3.63) is 78.1 Å². The van der Waals surface area contributed by atoms with Gasteiger partial charge in [-0.2, -0.15) is 5.10 Å². The van der Waals surface area contributed by atoms with Gasteiger partial charge in [0.15, 0.2) is 11.9 Å². The highest BCUT2D eigenvalue weighted by molar-refractivity contribution is 5.98. The highest BCUT2D eigenvalue weighted by Crippen LogP contribution is 2.25. The van der Waals surface area contributed by atoms with Crippen LogP contribution in [0.1, 0.15) is 41.6 Å². The van der Waals surface area contributed by atoms with Crippen LogP contribution in [-0.2, 0) is 11.2 Å². The maximum atomic E-state index is 13.7. The van der Waals surface area contributed by atoms with Gasteiger partial charge in [-0.15, -0.1) is 0 Å². The zero-order chi connectivity index (χ0) is 27.5. The van der Waals surface area contributed by atoms with Crippen molar-refractivity contribution in [2.75, 3.05) is 13.2 Å². The van der Waals surface area contributed by atoms with Crippen LogP contribution in [0.3, 0.4) is 0 Å². The first-order valence-electron chi connectivity index (χ1n) is 13.6. The molecule has 1 fully saturated rings. The molecule has 40 heavy (non-hydrogen) atoms. The summed E-state index contributed by atoms with van der Waals surface area (Å²) in [6.07, 6.45) is 5.55. The molecule has 4 aliphatic heterocycles. The van der Waals surface area contributed by atoms with Crippen molar-refractivity contribution in [2.24, 2.45) is 0 Å². The number of carbonyl (C=O) groups excluding carboxylic acids is 2. The topological polar surface area (TPSA) is 128 Å². The highest BCUT2D eigenvalue weighted by Gasteiger charge is 2.33. The Morgan fingerprint density at radius 1 is 1.05 bits per heavy atom. The number of carbonyl (C=O) groups is 2. The molecule has 2 atom stereocenters.